The number of nitrogens with one attached hydrogen (secondary N) is 1. The van der Waals surface area contributed by atoms with Crippen molar-refractivity contribution in [2.45, 2.75) is 25.3 Å². The summed E-state index contributed by atoms with van der Waals surface area (Å²) in [4.78, 5) is 52.7. The maximum atomic E-state index is 13.1. The number of ether oxygens (including phenoxy) is 2. The third-order valence-corrected chi connectivity index (χ3v) is 6.12. The minimum atomic E-state index is -1.14. The topological polar surface area (TPSA) is 102 Å². The van der Waals surface area contributed by atoms with Crippen molar-refractivity contribution < 1.29 is 28.7 Å². The number of carbonyl (C=O) groups excluding carboxylic acids is 4. The van der Waals surface area contributed by atoms with E-state index in [4.69, 9.17) is 9.47 Å². The first kappa shape index (κ1) is 23.2. The first-order valence-corrected chi connectivity index (χ1v) is 11.1. The molecular formula is C26H26N2O6. The van der Waals surface area contributed by atoms with Crippen molar-refractivity contribution >= 4 is 29.4 Å². The minimum Gasteiger partial charge on any atom is -0.497 e. The molecule has 2 aliphatic rings. The number of esters is 1. The molecule has 1 N–H and O–H groups in total. The Bertz CT molecular complexity index is 1070. The van der Waals surface area contributed by atoms with Crippen LogP contribution in [0.25, 0.3) is 0 Å². The number of likely N-dealkylation sites (tertiary alicyclic amines) is 1. The second kappa shape index (κ2) is 10.3. The van der Waals surface area contributed by atoms with Gasteiger partial charge in [-0.1, -0.05) is 42.5 Å². The Morgan fingerprint density at radius 1 is 0.971 bits per heavy atom. The van der Waals surface area contributed by atoms with Crippen molar-refractivity contribution in [3.05, 3.63) is 72.3 Å². The van der Waals surface area contributed by atoms with E-state index in [0.29, 0.717) is 24.3 Å². The predicted octanol–water partition coefficient (Wildman–Crippen LogP) is 2.74. The maximum Gasteiger partial charge on any atom is 0.330 e. The van der Waals surface area contributed by atoms with Crippen molar-refractivity contribution in [3.8, 4) is 5.75 Å². The second-order valence-corrected chi connectivity index (χ2v) is 8.29. The number of nitrogens with zero attached hydrogens (tertiary/aromatic N) is 1. The third kappa shape index (κ3) is 5.01. The van der Waals surface area contributed by atoms with Gasteiger partial charge in [0.1, 0.15) is 11.8 Å². The molecule has 2 aromatic rings. The number of benzene rings is 2. The SMILES string of the molecule is COc1ccc(NC(=O)COC(=O)[C@H](Cc2ccccc2)N2C(=O)[C@H]3CC=CC[C@@H]3C2=O)cc1. The molecule has 1 heterocycles. The number of rotatable bonds is 8. The average molecular weight is 463 g/mol. The van der Waals surface area contributed by atoms with Gasteiger partial charge < -0.3 is 14.8 Å². The molecular weight excluding hydrogens is 436 g/mol. The van der Waals surface area contributed by atoms with Gasteiger partial charge in [-0.3, -0.25) is 19.3 Å². The summed E-state index contributed by atoms with van der Waals surface area (Å²) in [5, 5.41) is 2.64. The molecule has 3 amide bonds. The Kier molecular flexibility index (Phi) is 7.06. The van der Waals surface area contributed by atoms with Gasteiger partial charge in [0, 0.05) is 12.1 Å². The number of hydrogen-bond donors (Lipinski definition) is 1. The molecule has 0 saturated carbocycles. The van der Waals surface area contributed by atoms with Crippen LogP contribution in [0.15, 0.2) is 66.7 Å². The van der Waals surface area contributed by atoms with Gasteiger partial charge in [-0.25, -0.2) is 4.79 Å². The molecule has 2 aromatic carbocycles. The monoisotopic (exact) mass is 462 g/mol. The van der Waals surface area contributed by atoms with Gasteiger partial charge >= 0.3 is 5.97 Å². The maximum absolute atomic E-state index is 13.1. The van der Waals surface area contributed by atoms with Crippen molar-refractivity contribution in [3.63, 3.8) is 0 Å². The fraction of sp³-hybridized carbons (Fsp3) is 0.308. The zero-order chi connectivity index (χ0) is 24.1. The van der Waals surface area contributed by atoms with E-state index in [9.17, 15) is 19.2 Å². The van der Waals surface area contributed by atoms with Gasteiger partial charge in [0.2, 0.25) is 11.8 Å². The molecule has 1 aliphatic carbocycles. The molecule has 0 radical (unpaired) electrons. The minimum absolute atomic E-state index is 0.115. The fourth-order valence-electron chi connectivity index (χ4n) is 4.35. The standard InChI is InChI=1S/C26H26N2O6/c1-33-19-13-11-18(12-14-19)27-23(29)16-34-26(32)22(15-17-7-3-2-4-8-17)28-24(30)20-9-5-6-10-21(20)25(28)31/h2-8,11-14,20-22H,9-10,15-16H2,1H3,(H,27,29)/t20-,21-,22-/m0/s1. The molecule has 0 aromatic heterocycles. The molecule has 8 nitrogen and oxygen atoms in total. The molecule has 0 bridgehead atoms. The highest BCUT2D eigenvalue weighted by Gasteiger charge is 2.51. The molecule has 0 unspecified atom stereocenters. The first-order chi connectivity index (χ1) is 16.5. The highest BCUT2D eigenvalue weighted by molar-refractivity contribution is 6.08. The van der Waals surface area contributed by atoms with Crippen LogP contribution in [0.2, 0.25) is 0 Å². The van der Waals surface area contributed by atoms with E-state index in [1.54, 1.807) is 31.4 Å². The molecule has 176 valence electrons. The number of fused-ring (bicyclic) bond motifs is 1. The van der Waals surface area contributed by atoms with Crippen LogP contribution < -0.4 is 10.1 Å². The van der Waals surface area contributed by atoms with E-state index < -0.39 is 36.4 Å². The molecule has 4 rings (SSSR count). The van der Waals surface area contributed by atoms with Crippen LogP contribution >= 0.6 is 0 Å². The lowest BCUT2D eigenvalue weighted by Crippen LogP contribution is -2.48. The molecule has 34 heavy (non-hydrogen) atoms. The van der Waals surface area contributed by atoms with Gasteiger partial charge in [0.25, 0.3) is 5.91 Å². The van der Waals surface area contributed by atoms with E-state index in [0.717, 1.165) is 10.5 Å². The van der Waals surface area contributed by atoms with Gasteiger partial charge in [-0.15, -0.1) is 0 Å². The summed E-state index contributed by atoms with van der Waals surface area (Å²) in [5.74, 6) is -2.32. The van der Waals surface area contributed by atoms with Crippen LogP contribution in [-0.2, 0) is 30.3 Å². The molecule has 3 atom stereocenters. The predicted molar refractivity (Wildman–Crippen MR) is 124 cm³/mol. The fourth-order valence-corrected chi connectivity index (χ4v) is 4.35. The summed E-state index contributed by atoms with van der Waals surface area (Å²) in [6, 6.07) is 14.7. The Morgan fingerprint density at radius 2 is 1.59 bits per heavy atom. The number of methoxy groups -OCH3 is 1. The Balaban J connectivity index is 1.46. The molecule has 1 aliphatic heterocycles. The Hall–Kier alpha value is -3.94. The van der Waals surface area contributed by atoms with Crippen molar-refractivity contribution in [2.24, 2.45) is 11.8 Å². The molecule has 0 spiro atoms. The lowest BCUT2D eigenvalue weighted by atomic mass is 9.85. The van der Waals surface area contributed by atoms with Crippen LogP contribution in [0.1, 0.15) is 18.4 Å². The molecule has 1 fully saturated rings. The second-order valence-electron chi connectivity index (χ2n) is 8.29. The Labute approximate surface area is 197 Å². The van der Waals surface area contributed by atoms with Crippen LogP contribution in [-0.4, -0.2) is 48.3 Å². The number of imide groups is 1. The van der Waals surface area contributed by atoms with Crippen LogP contribution in [0.4, 0.5) is 5.69 Å². The van der Waals surface area contributed by atoms with Gasteiger partial charge in [-0.05, 0) is 42.7 Å². The number of amides is 3. The quantitative estimate of drug-likeness (QED) is 0.368. The lowest BCUT2D eigenvalue weighted by Gasteiger charge is -2.25. The van der Waals surface area contributed by atoms with Crippen molar-refractivity contribution in [1.29, 1.82) is 0 Å². The smallest absolute Gasteiger partial charge is 0.330 e. The van der Waals surface area contributed by atoms with Gasteiger partial charge in [0.15, 0.2) is 6.61 Å². The summed E-state index contributed by atoms with van der Waals surface area (Å²) in [6.07, 6.45) is 4.85. The average Bonchev–Trinajstić information content (AvgIpc) is 3.12. The molecule has 1 saturated heterocycles. The summed E-state index contributed by atoms with van der Waals surface area (Å²) in [7, 11) is 1.54. The van der Waals surface area contributed by atoms with Crippen molar-refractivity contribution in [1.82, 2.24) is 4.90 Å². The summed E-state index contributed by atoms with van der Waals surface area (Å²) in [6.45, 7) is -0.541. The van der Waals surface area contributed by atoms with E-state index in [2.05, 4.69) is 5.32 Å². The number of carbonyl (C=O) groups is 4. The number of anilines is 1. The number of allylic oxidation sites excluding steroid dienone is 2. The van der Waals surface area contributed by atoms with Gasteiger partial charge in [0.05, 0.1) is 18.9 Å². The Morgan fingerprint density at radius 3 is 2.18 bits per heavy atom. The normalized spacial score (nSPS) is 20.0. The zero-order valence-corrected chi connectivity index (χ0v) is 18.8. The van der Waals surface area contributed by atoms with Crippen molar-refractivity contribution in [2.75, 3.05) is 19.0 Å². The van der Waals surface area contributed by atoms with E-state index in [-0.39, 0.29) is 18.2 Å². The number of hydrogen-bond acceptors (Lipinski definition) is 6. The third-order valence-electron chi connectivity index (χ3n) is 6.12. The van der Waals surface area contributed by atoms with E-state index in [1.165, 1.54) is 0 Å². The van der Waals surface area contributed by atoms with Gasteiger partial charge in [-0.2, -0.15) is 0 Å². The lowest BCUT2D eigenvalue weighted by molar-refractivity contribution is -0.159. The summed E-state index contributed by atoms with van der Waals surface area (Å²) in [5.41, 5.74) is 1.30. The summed E-state index contributed by atoms with van der Waals surface area (Å²) >= 11 is 0. The highest BCUT2D eigenvalue weighted by atomic mass is 16.5. The molecule has 8 heteroatoms. The largest absolute Gasteiger partial charge is 0.497 e. The summed E-state index contributed by atoms with van der Waals surface area (Å²) < 4.78 is 10.4. The highest BCUT2D eigenvalue weighted by Crippen LogP contribution is 2.36. The van der Waals surface area contributed by atoms with Crippen LogP contribution in [0.5, 0.6) is 5.75 Å². The van der Waals surface area contributed by atoms with E-state index in [1.807, 2.05) is 42.5 Å². The van der Waals surface area contributed by atoms with Crippen LogP contribution in [0, 0.1) is 11.8 Å². The zero-order valence-electron chi connectivity index (χ0n) is 18.8. The van der Waals surface area contributed by atoms with E-state index >= 15 is 0 Å². The van der Waals surface area contributed by atoms with Crippen LogP contribution in [0.3, 0.4) is 0 Å². The first-order valence-electron chi connectivity index (χ1n) is 11.1.